The van der Waals surface area contributed by atoms with Gasteiger partial charge in [-0.1, -0.05) is 5.21 Å². The van der Waals surface area contributed by atoms with Crippen molar-refractivity contribution in [3.63, 3.8) is 0 Å². The van der Waals surface area contributed by atoms with E-state index < -0.39 is 0 Å². The predicted molar refractivity (Wildman–Crippen MR) is 78.9 cm³/mol. The Morgan fingerprint density at radius 1 is 1.33 bits per heavy atom. The molecule has 0 aliphatic carbocycles. The standard InChI is InChI=1S/C14H19N5O2/c1-18(2)14(21)11-3-5-12(6-4-11)15-9-13-10-19(7-8-20)17-16-13/h3-6,10,15,20H,7-9H2,1-2H3. The van der Waals surface area contributed by atoms with Crippen molar-refractivity contribution in [2.24, 2.45) is 0 Å². The summed E-state index contributed by atoms with van der Waals surface area (Å²) < 4.78 is 1.59. The molecule has 1 aromatic carbocycles. The van der Waals surface area contributed by atoms with E-state index in [2.05, 4.69) is 15.6 Å². The first-order chi connectivity index (χ1) is 10.1. The van der Waals surface area contributed by atoms with E-state index in [-0.39, 0.29) is 12.5 Å². The van der Waals surface area contributed by atoms with E-state index in [9.17, 15) is 4.79 Å². The first-order valence-electron chi connectivity index (χ1n) is 6.65. The van der Waals surface area contributed by atoms with Gasteiger partial charge < -0.3 is 15.3 Å². The van der Waals surface area contributed by atoms with Gasteiger partial charge in [0.2, 0.25) is 0 Å². The minimum Gasteiger partial charge on any atom is -0.394 e. The van der Waals surface area contributed by atoms with Gasteiger partial charge in [-0.25, -0.2) is 4.68 Å². The summed E-state index contributed by atoms with van der Waals surface area (Å²) in [5, 5.41) is 19.9. The van der Waals surface area contributed by atoms with Crippen LogP contribution in [-0.2, 0) is 13.1 Å². The normalized spacial score (nSPS) is 10.4. The Balaban J connectivity index is 1.92. The van der Waals surface area contributed by atoms with Gasteiger partial charge in [-0.2, -0.15) is 0 Å². The zero-order valence-electron chi connectivity index (χ0n) is 12.2. The molecule has 7 nitrogen and oxygen atoms in total. The monoisotopic (exact) mass is 289 g/mol. The number of nitrogens with zero attached hydrogens (tertiary/aromatic N) is 4. The van der Waals surface area contributed by atoms with E-state index in [0.29, 0.717) is 18.7 Å². The third-order valence-electron chi connectivity index (χ3n) is 2.93. The summed E-state index contributed by atoms with van der Waals surface area (Å²) in [6.07, 6.45) is 1.78. The summed E-state index contributed by atoms with van der Waals surface area (Å²) in [4.78, 5) is 13.3. The van der Waals surface area contributed by atoms with Crippen LogP contribution >= 0.6 is 0 Å². The van der Waals surface area contributed by atoms with Crippen LogP contribution in [0.3, 0.4) is 0 Å². The van der Waals surface area contributed by atoms with Crippen LogP contribution in [0.5, 0.6) is 0 Å². The summed E-state index contributed by atoms with van der Waals surface area (Å²) in [5.74, 6) is -0.0199. The lowest BCUT2D eigenvalue weighted by Crippen LogP contribution is -2.21. The molecule has 21 heavy (non-hydrogen) atoms. The van der Waals surface area contributed by atoms with Crippen molar-refractivity contribution in [2.75, 3.05) is 26.0 Å². The number of carbonyl (C=O) groups is 1. The van der Waals surface area contributed by atoms with Gasteiger partial charge in [0, 0.05) is 25.3 Å². The smallest absolute Gasteiger partial charge is 0.253 e. The van der Waals surface area contributed by atoms with Crippen LogP contribution < -0.4 is 5.32 Å². The van der Waals surface area contributed by atoms with Crippen molar-refractivity contribution >= 4 is 11.6 Å². The molecule has 0 saturated heterocycles. The summed E-state index contributed by atoms with van der Waals surface area (Å²) in [5.41, 5.74) is 2.35. The van der Waals surface area contributed by atoms with Crippen LogP contribution in [0.25, 0.3) is 0 Å². The van der Waals surface area contributed by atoms with E-state index in [1.807, 2.05) is 12.1 Å². The van der Waals surface area contributed by atoms with Crippen LogP contribution in [0.1, 0.15) is 16.1 Å². The average molecular weight is 289 g/mol. The minimum atomic E-state index is -0.0199. The maximum atomic E-state index is 11.8. The van der Waals surface area contributed by atoms with Gasteiger partial charge >= 0.3 is 0 Å². The van der Waals surface area contributed by atoms with Gasteiger partial charge in [0.15, 0.2) is 0 Å². The van der Waals surface area contributed by atoms with Gasteiger partial charge in [-0.3, -0.25) is 4.79 Å². The van der Waals surface area contributed by atoms with Crippen molar-refractivity contribution in [3.05, 3.63) is 41.7 Å². The van der Waals surface area contributed by atoms with E-state index in [1.165, 1.54) is 0 Å². The molecule has 2 rings (SSSR count). The van der Waals surface area contributed by atoms with Gasteiger partial charge in [0.25, 0.3) is 5.91 Å². The topological polar surface area (TPSA) is 83.3 Å². The lowest BCUT2D eigenvalue weighted by molar-refractivity contribution is 0.0827. The molecule has 1 heterocycles. The average Bonchev–Trinajstić information content (AvgIpc) is 2.93. The third-order valence-corrected chi connectivity index (χ3v) is 2.93. The Labute approximate surface area is 123 Å². The van der Waals surface area contributed by atoms with E-state index >= 15 is 0 Å². The zero-order chi connectivity index (χ0) is 15.2. The number of aliphatic hydroxyl groups excluding tert-OH is 1. The fraction of sp³-hybridized carbons (Fsp3) is 0.357. The number of carbonyl (C=O) groups excluding carboxylic acids is 1. The molecular formula is C14H19N5O2. The number of aliphatic hydroxyl groups is 1. The van der Waals surface area contributed by atoms with Crippen LogP contribution in [0.4, 0.5) is 5.69 Å². The molecule has 0 aliphatic heterocycles. The summed E-state index contributed by atoms with van der Waals surface area (Å²) >= 11 is 0. The molecule has 0 aliphatic rings. The fourth-order valence-electron chi connectivity index (χ4n) is 1.81. The molecule has 0 saturated carbocycles. The van der Waals surface area contributed by atoms with Crippen molar-refractivity contribution in [1.82, 2.24) is 19.9 Å². The molecule has 2 aromatic rings. The van der Waals surface area contributed by atoms with E-state index in [4.69, 9.17) is 5.11 Å². The maximum Gasteiger partial charge on any atom is 0.253 e. The molecule has 0 spiro atoms. The highest BCUT2D eigenvalue weighted by Crippen LogP contribution is 2.11. The molecule has 0 unspecified atom stereocenters. The van der Waals surface area contributed by atoms with Gasteiger partial charge in [-0.05, 0) is 24.3 Å². The number of anilines is 1. The summed E-state index contributed by atoms with van der Waals surface area (Å²) in [7, 11) is 3.45. The second-order valence-corrected chi connectivity index (χ2v) is 4.83. The lowest BCUT2D eigenvalue weighted by Gasteiger charge is -2.10. The molecule has 1 amide bonds. The van der Waals surface area contributed by atoms with E-state index in [0.717, 1.165) is 11.4 Å². The minimum absolute atomic E-state index is 0.0199. The molecule has 0 bridgehead atoms. The van der Waals surface area contributed by atoms with Crippen molar-refractivity contribution in [3.8, 4) is 0 Å². The molecule has 112 valence electrons. The molecule has 7 heteroatoms. The maximum absolute atomic E-state index is 11.8. The lowest BCUT2D eigenvalue weighted by atomic mass is 10.2. The van der Waals surface area contributed by atoms with Gasteiger partial charge in [0.1, 0.15) is 5.69 Å². The Morgan fingerprint density at radius 3 is 2.67 bits per heavy atom. The predicted octanol–water partition coefficient (Wildman–Crippen LogP) is 0.584. The SMILES string of the molecule is CN(C)C(=O)c1ccc(NCc2cn(CCO)nn2)cc1. The molecule has 0 radical (unpaired) electrons. The van der Waals surface area contributed by atoms with E-state index in [1.54, 1.807) is 42.0 Å². The molecule has 0 fully saturated rings. The number of rotatable bonds is 6. The van der Waals surface area contributed by atoms with Gasteiger partial charge in [0.05, 0.1) is 25.9 Å². The Hall–Kier alpha value is -2.41. The molecular weight excluding hydrogens is 270 g/mol. The molecule has 1 aromatic heterocycles. The largest absolute Gasteiger partial charge is 0.394 e. The zero-order valence-corrected chi connectivity index (χ0v) is 12.2. The number of nitrogens with one attached hydrogen (secondary N) is 1. The Bertz CT molecular complexity index is 592. The number of benzene rings is 1. The number of amides is 1. The number of hydrogen-bond acceptors (Lipinski definition) is 5. The third kappa shape index (κ3) is 4.03. The summed E-state index contributed by atoms with van der Waals surface area (Å²) in [6, 6.07) is 7.28. The first-order valence-corrected chi connectivity index (χ1v) is 6.65. The Kier molecular flexibility index (Phi) is 4.89. The van der Waals surface area contributed by atoms with Crippen molar-refractivity contribution in [2.45, 2.75) is 13.1 Å². The highest BCUT2D eigenvalue weighted by atomic mass is 16.3. The molecule has 0 atom stereocenters. The van der Waals surface area contributed by atoms with Crippen LogP contribution in [0.2, 0.25) is 0 Å². The van der Waals surface area contributed by atoms with Gasteiger partial charge in [-0.15, -0.1) is 5.10 Å². The number of aromatic nitrogens is 3. The second kappa shape index (κ2) is 6.85. The van der Waals surface area contributed by atoms with Crippen molar-refractivity contribution in [1.29, 1.82) is 0 Å². The van der Waals surface area contributed by atoms with Crippen LogP contribution in [0.15, 0.2) is 30.5 Å². The Morgan fingerprint density at radius 2 is 2.05 bits per heavy atom. The highest BCUT2D eigenvalue weighted by molar-refractivity contribution is 5.94. The second-order valence-electron chi connectivity index (χ2n) is 4.83. The summed E-state index contributed by atoms with van der Waals surface area (Å²) in [6.45, 7) is 1.01. The highest BCUT2D eigenvalue weighted by Gasteiger charge is 2.07. The van der Waals surface area contributed by atoms with Crippen molar-refractivity contribution < 1.29 is 9.90 Å². The fourth-order valence-corrected chi connectivity index (χ4v) is 1.81. The van der Waals surface area contributed by atoms with Crippen LogP contribution in [0, 0.1) is 0 Å². The number of hydrogen-bond donors (Lipinski definition) is 2. The first kappa shape index (κ1) is 15.0. The molecule has 2 N–H and O–H groups in total. The van der Waals surface area contributed by atoms with Crippen LogP contribution in [-0.4, -0.2) is 51.6 Å². The quantitative estimate of drug-likeness (QED) is 0.813.